The van der Waals surface area contributed by atoms with Crippen LogP contribution in [-0.4, -0.2) is 10.8 Å². The van der Waals surface area contributed by atoms with Crippen LogP contribution in [0, 0.1) is 6.92 Å². The Morgan fingerprint density at radius 1 is 1.12 bits per heavy atom. The number of carbonyl (C=O) groups is 1. The van der Waals surface area contributed by atoms with E-state index in [1.165, 1.54) is 6.92 Å². The molecule has 1 heterocycles. The summed E-state index contributed by atoms with van der Waals surface area (Å²) >= 11 is 6.01. The van der Waals surface area contributed by atoms with Crippen molar-refractivity contribution in [2.24, 2.45) is 0 Å². The summed E-state index contributed by atoms with van der Waals surface area (Å²) in [5.74, 6) is 0.00867. The molecule has 2 aromatic rings. The van der Waals surface area contributed by atoms with Gasteiger partial charge in [0.25, 0.3) is 0 Å². The Morgan fingerprint density at radius 2 is 1.88 bits per heavy atom. The van der Waals surface area contributed by atoms with Gasteiger partial charge < -0.3 is 0 Å². The van der Waals surface area contributed by atoms with E-state index in [0.717, 1.165) is 16.7 Å². The lowest BCUT2D eigenvalue weighted by atomic mass is 10.0. The fourth-order valence-corrected chi connectivity index (χ4v) is 1.91. The molecule has 0 bridgehead atoms. The lowest BCUT2D eigenvalue weighted by Gasteiger charge is -2.05. The molecule has 0 fully saturated rings. The number of hydrogen-bond donors (Lipinski definition) is 0. The van der Waals surface area contributed by atoms with Gasteiger partial charge >= 0.3 is 0 Å². The standard InChI is InChI=1S/C14H12ClNO/c1-9-3-13(8-16-7-9)12-4-11(10(2)17)5-14(15)6-12/h3-8H,1-2H3. The van der Waals surface area contributed by atoms with Crippen LogP contribution in [-0.2, 0) is 0 Å². The summed E-state index contributed by atoms with van der Waals surface area (Å²) in [6.45, 7) is 3.51. The van der Waals surface area contributed by atoms with Crippen LogP contribution in [0.4, 0.5) is 0 Å². The van der Waals surface area contributed by atoms with E-state index in [1.54, 1.807) is 18.5 Å². The molecular weight excluding hydrogens is 234 g/mol. The average Bonchev–Trinajstić information content (AvgIpc) is 2.28. The first-order valence-electron chi connectivity index (χ1n) is 5.30. The molecule has 0 amide bonds. The lowest BCUT2D eigenvalue weighted by Crippen LogP contribution is -1.93. The van der Waals surface area contributed by atoms with E-state index in [-0.39, 0.29) is 5.78 Å². The molecule has 2 rings (SSSR count). The maximum absolute atomic E-state index is 11.4. The maximum atomic E-state index is 11.4. The van der Waals surface area contributed by atoms with Crippen LogP contribution in [0.25, 0.3) is 11.1 Å². The first-order chi connectivity index (χ1) is 8.06. The van der Waals surface area contributed by atoms with E-state index in [9.17, 15) is 4.79 Å². The van der Waals surface area contributed by atoms with Crippen LogP contribution >= 0.6 is 11.6 Å². The third-order valence-electron chi connectivity index (χ3n) is 2.51. The van der Waals surface area contributed by atoms with E-state index >= 15 is 0 Å². The van der Waals surface area contributed by atoms with Crippen molar-refractivity contribution < 1.29 is 4.79 Å². The molecule has 0 N–H and O–H groups in total. The van der Waals surface area contributed by atoms with Gasteiger partial charge in [0.1, 0.15) is 0 Å². The van der Waals surface area contributed by atoms with Crippen molar-refractivity contribution in [3.05, 3.63) is 52.8 Å². The van der Waals surface area contributed by atoms with Gasteiger partial charge in [0.2, 0.25) is 0 Å². The fraction of sp³-hybridized carbons (Fsp3) is 0.143. The number of Topliss-reactive ketones (excluding diaryl/α,β-unsaturated/α-hetero) is 1. The Bertz CT molecular complexity index is 578. The minimum atomic E-state index is 0.00867. The molecule has 0 aliphatic heterocycles. The zero-order chi connectivity index (χ0) is 12.4. The Balaban J connectivity index is 2.56. The third-order valence-corrected chi connectivity index (χ3v) is 2.73. The summed E-state index contributed by atoms with van der Waals surface area (Å²) in [5, 5.41) is 0.564. The van der Waals surface area contributed by atoms with E-state index < -0.39 is 0 Å². The predicted octanol–water partition coefficient (Wildman–Crippen LogP) is 3.91. The summed E-state index contributed by atoms with van der Waals surface area (Å²) < 4.78 is 0. The molecule has 1 aromatic carbocycles. The molecule has 0 saturated heterocycles. The molecule has 0 atom stereocenters. The molecule has 0 aliphatic carbocycles. The van der Waals surface area contributed by atoms with Crippen molar-refractivity contribution in [2.45, 2.75) is 13.8 Å². The van der Waals surface area contributed by atoms with Crippen LogP contribution in [0.3, 0.4) is 0 Å². The first kappa shape index (κ1) is 11.8. The number of aromatic nitrogens is 1. The van der Waals surface area contributed by atoms with Crippen molar-refractivity contribution in [2.75, 3.05) is 0 Å². The second-order valence-electron chi connectivity index (χ2n) is 4.04. The highest BCUT2D eigenvalue weighted by molar-refractivity contribution is 6.31. The number of hydrogen-bond acceptors (Lipinski definition) is 2. The number of nitrogens with zero attached hydrogens (tertiary/aromatic N) is 1. The number of pyridine rings is 1. The molecule has 0 unspecified atom stereocenters. The number of halogens is 1. The summed E-state index contributed by atoms with van der Waals surface area (Å²) in [6, 6.07) is 7.37. The molecular formula is C14H12ClNO. The molecule has 0 spiro atoms. The Hall–Kier alpha value is -1.67. The largest absolute Gasteiger partial charge is 0.295 e. The second-order valence-corrected chi connectivity index (χ2v) is 4.47. The van der Waals surface area contributed by atoms with Gasteiger partial charge in [-0.25, -0.2) is 0 Å². The van der Waals surface area contributed by atoms with Crippen molar-refractivity contribution in [1.82, 2.24) is 4.98 Å². The van der Waals surface area contributed by atoms with Gasteiger partial charge in [0.15, 0.2) is 5.78 Å². The summed E-state index contributed by atoms with van der Waals surface area (Å²) in [5.41, 5.74) is 3.58. The zero-order valence-corrected chi connectivity index (χ0v) is 10.5. The maximum Gasteiger partial charge on any atom is 0.159 e. The number of rotatable bonds is 2. The number of aryl methyl sites for hydroxylation is 1. The Labute approximate surface area is 105 Å². The molecule has 17 heavy (non-hydrogen) atoms. The highest BCUT2D eigenvalue weighted by atomic mass is 35.5. The monoisotopic (exact) mass is 245 g/mol. The van der Waals surface area contributed by atoms with Crippen LogP contribution in [0.2, 0.25) is 5.02 Å². The molecule has 0 aliphatic rings. The van der Waals surface area contributed by atoms with Crippen molar-refractivity contribution in [1.29, 1.82) is 0 Å². The van der Waals surface area contributed by atoms with Crippen LogP contribution in [0.5, 0.6) is 0 Å². The number of benzene rings is 1. The van der Waals surface area contributed by atoms with E-state index in [1.807, 2.05) is 25.1 Å². The quantitative estimate of drug-likeness (QED) is 0.751. The van der Waals surface area contributed by atoms with Crippen LogP contribution < -0.4 is 0 Å². The Kier molecular flexibility index (Phi) is 3.25. The number of carbonyl (C=O) groups excluding carboxylic acids is 1. The summed E-state index contributed by atoms with van der Waals surface area (Å²) in [4.78, 5) is 15.5. The molecule has 3 heteroatoms. The minimum absolute atomic E-state index is 0.00867. The van der Waals surface area contributed by atoms with Crippen LogP contribution in [0.1, 0.15) is 22.8 Å². The zero-order valence-electron chi connectivity index (χ0n) is 9.70. The van der Waals surface area contributed by atoms with Crippen LogP contribution in [0.15, 0.2) is 36.7 Å². The van der Waals surface area contributed by atoms with E-state index in [0.29, 0.717) is 10.6 Å². The van der Waals surface area contributed by atoms with Gasteiger partial charge in [0.05, 0.1) is 0 Å². The normalized spacial score (nSPS) is 10.3. The highest BCUT2D eigenvalue weighted by Crippen LogP contribution is 2.25. The van der Waals surface area contributed by atoms with E-state index in [4.69, 9.17) is 11.6 Å². The third kappa shape index (κ3) is 2.71. The molecule has 0 radical (unpaired) electrons. The summed E-state index contributed by atoms with van der Waals surface area (Å²) in [6.07, 6.45) is 3.56. The fourth-order valence-electron chi connectivity index (χ4n) is 1.67. The van der Waals surface area contributed by atoms with Gasteiger partial charge in [-0.1, -0.05) is 11.6 Å². The summed E-state index contributed by atoms with van der Waals surface area (Å²) in [7, 11) is 0. The van der Waals surface area contributed by atoms with E-state index in [2.05, 4.69) is 4.98 Å². The highest BCUT2D eigenvalue weighted by Gasteiger charge is 2.06. The van der Waals surface area contributed by atoms with Gasteiger partial charge in [-0.15, -0.1) is 0 Å². The SMILES string of the molecule is CC(=O)c1cc(Cl)cc(-c2cncc(C)c2)c1. The lowest BCUT2D eigenvalue weighted by molar-refractivity contribution is 0.101. The predicted molar refractivity (Wildman–Crippen MR) is 69.4 cm³/mol. The average molecular weight is 246 g/mol. The Morgan fingerprint density at radius 3 is 2.53 bits per heavy atom. The minimum Gasteiger partial charge on any atom is -0.295 e. The van der Waals surface area contributed by atoms with Gasteiger partial charge in [-0.05, 0) is 49.2 Å². The van der Waals surface area contributed by atoms with Gasteiger partial charge in [-0.2, -0.15) is 0 Å². The van der Waals surface area contributed by atoms with Crippen molar-refractivity contribution in [3.63, 3.8) is 0 Å². The molecule has 2 nitrogen and oxygen atoms in total. The first-order valence-corrected chi connectivity index (χ1v) is 5.67. The second kappa shape index (κ2) is 4.68. The van der Waals surface area contributed by atoms with Crippen molar-refractivity contribution in [3.8, 4) is 11.1 Å². The molecule has 86 valence electrons. The van der Waals surface area contributed by atoms with Crippen molar-refractivity contribution >= 4 is 17.4 Å². The smallest absolute Gasteiger partial charge is 0.159 e. The van der Waals surface area contributed by atoms with Gasteiger partial charge in [-0.3, -0.25) is 9.78 Å². The molecule has 1 aromatic heterocycles. The molecule has 0 saturated carbocycles. The number of ketones is 1. The van der Waals surface area contributed by atoms with Gasteiger partial charge in [0, 0.05) is 28.5 Å². The topological polar surface area (TPSA) is 30.0 Å².